The lowest BCUT2D eigenvalue weighted by molar-refractivity contribution is -0.130. The molecule has 1 fully saturated rings. The van der Waals surface area contributed by atoms with Gasteiger partial charge in [-0.1, -0.05) is 17.7 Å². The Morgan fingerprint density at radius 1 is 1.56 bits per heavy atom. The van der Waals surface area contributed by atoms with Gasteiger partial charge in [0.15, 0.2) is 0 Å². The molecular formula is C13H17ClN2O2. The summed E-state index contributed by atoms with van der Waals surface area (Å²) in [6.07, 6.45) is 1.26. The minimum Gasteiger partial charge on any atom is -0.493 e. The summed E-state index contributed by atoms with van der Waals surface area (Å²) in [5, 5.41) is 0.629. The normalized spacial score (nSPS) is 19.0. The zero-order chi connectivity index (χ0) is 13.0. The van der Waals surface area contributed by atoms with Crippen LogP contribution in [0.25, 0.3) is 0 Å². The van der Waals surface area contributed by atoms with Gasteiger partial charge in [0, 0.05) is 24.2 Å². The number of nitrogens with zero attached hydrogens (tertiary/aromatic N) is 1. The van der Waals surface area contributed by atoms with E-state index in [1.165, 1.54) is 0 Å². The highest BCUT2D eigenvalue weighted by molar-refractivity contribution is 6.30. The quantitative estimate of drug-likeness (QED) is 0.904. The first-order valence-electron chi connectivity index (χ1n) is 6.07. The van der Waals surface area contributed by atoms with E-state index < -0.39 is 0 Å². The number of halogens is 1. The average molecular weight is 269 g/mol. The Labute approximate surface area is 112 Å². The molecule has 0 aliphatic carbocycles. The van der Waals surface area contributed by atoms with Crippen molar-refractivity contribution >= 4 is 17.5 Å². The number of rotatable bonds is 4. The Bertz CT molecular complexity index is 425. The molecule has 98 valence electrons. The van der Waals surface area contributed by atoms with Crippen LogP contribution in [-0.4, -0.2) is 36.5 Å². The lowest BCUT2D eigenvalue weighted by Gasteiger charge is -2.15. The molecule has 18 heavy (non-hydrogen) atoms. The number of hydrogen-bond acceptors (Lipinski definition) is 3. The van der Waals surface area contributed by atoms with Crippen molar-refractivity contribution in [3.8, 4) is 5.75 Å². The van der Waals surface area contributed by atoms with Crippen molar-refractivity contribution in [1.29, 1.82) is 0 Å². The van der Waals surface area contributed by atoms with E-state index in [9.17, 15) is 4.79 Å². The number of nitrogens with two attached hydrogens (primary N) is 1. The third kappa shape index (κ3) is 3.62. The Kier molecular flexibility index (Phi) is 4.44. The molecule has 1 atom stereocenters. The fourth-order valence-corrected chi connectivity index (χ4v) is 2.17. The molecule has 1 saturated heterocycles. The van der Waals surface area contributed by atoms with E-state index >= 15 is 0 Å². The van der Waals surface area contributed by atoms with E-state index in [0.717, 1.165) is 13.0 Å². The first-order valence-corrected chi connectivity index (χ1v) is 6.44. The average Bonchev–Trinajstić information content (AvgIpc) is 2.76. The summed E-state index contributed by atoms with van der Waals surface area (Å²) < 4.78 is 5.48. The summed E-state index contributed by atoms with van der Waals surface area (Å²) in [6.45, 7) is 1.79. The Morgan fingerprint density at radius 2 is 2.39 bits per heavy atom. The number of benzene rings is 1. The van der Waals surface area contributed by atoms with Crippen molar-refractivity contribution in [2.75, 3.05) is 19.7 Å². The van der Waals surface area contributed by atoms with Crippen LogP contribution < -0.4 is 10.5 Å². The SMILES string of the molecule is N[C@@H]1CCN(C(=O)CCOc2cccc(Cl)c2)C1. The van der Waals surface area contributed by atoms with Crippen molar-refractivity contribution in [2.24, 2.45) is 5.73 Å². The molecule has 0 aromatic heterocycles. The van der Waals surface area contributed by atoms with E-state index in [4.69, 9.17) is 22.1 Å². The molecule has 0 saturated carbocycles. The second kappa shape index (κ2) is 6.07. The van der Waals surface area contributed by atoms with Gasteiger partial charge in [0.1, 0.15) is 5.75 Å². The molecule has 1 aliphatic rings. The zero-order valence-electron chi connectivity index (χ0n) is 10.1. The minimum absolute atomic E-state index is 0.102. The minimum atomic E-state index is 0.102. The third-order valence-electron chi connectivity index (χ3n) is 2.96. The Morgan fingerprint density at radius 3 is 3.06 bits per heavy atom. The van der Waals surface area contributed by atoms with Crippen LogP contribution in [0.3, 0.4) is 0 Å². The smallest absolute Gasteiger partial charge is 0.226 e. The van der Waals surface area contributed by atoms with E-state index in [1.54, 1.807) is 17.0 Å². The van der Waals surface area contributed by atoms with Gasteiger partial charge in [-0.15, -0.1) is 0 Å². The predicted molar refractivity (Wildman–Crippen MR) is 70.7 cm³/mol. The van der Waals surface area contributed by atoms with Crippen LogP contribution in [-0.2, 0) is 4.79 Å². The van der Waals surface area contributed by atoms with Gasteiger partial charge in [-0.2, -0.15) is 0 Å². The summed E-state index contributed by atoms with van der Waals surface area (Å²) in [5.74, 6) is 0.790. The summed E-state index contributed by atoms with van der Waals surface area (Å²) in [4.78, 5) is 13.6. The molecule has 1 aromatic carbocycles. The summed E-state index contributed by atoms with van der Waals surface area (Å²) in [5.41, 5.74) is 5.76. The number of ether oxygens (including phenoxy) is 1. The molecule has 1 amide bonds. The van der Waals surface area contributed by atoms with Gasteiger partial charge in [0.25, 0.3) is 0 Å². The van der Waals surface area contributed by atoms with Crippen LogP contribution in [0.15, 0.2) is 24.3 Å². The molecule has 2 N–H and O–H groups in total. The highest BCUT2D eigenvalue weighted by atomic mass is 35.5. The van der Waals surface area contributed by atoms with Gasteiger partial charge < -0.3 is 15.4 Å². The molecule has 0 radical (unpaired) electrons. The van der Waals surface area contributed by atoms with E-state index in [2.05, 4.69) is 0 Å². The fraction of sp³-hybridized carbons (Fsp3) is 0.462. The molecule has 1 heterocycles. The number of amides is 1. The van der Waals surface area contributed by atoms with Crippen molar-refractivity contribution in [3.05, 3.63) is 29.3 Å². The highest BCUT2D eigenvalue weighted by Gasteiger charge is 2.22. The third-order valence-corrected chi connectivity index (χ3v) is 3.19. The van der Waals surface area contributed by atoms with Crippen molar-refractivity contribution in [3.63, 3.8) is 0 Å². The maximum atomic E-state index is 11.8. The number of carbonyl (C=O) groups is 1. The Hall–Kier alpha value is -1.26. The molecule has 0 unspecified atom stereocenters. The number of likely N-dealkylation sites (tertiary alicyclic amines) is 1. The number of hydrogen-bond donors (Lipinski definition) is 1. The summed E-state index contributed by atoms with van der Waals surface area (Å²) in [7, 11) is 0. The zero-order valence-corrected chi connectivity index (χ0v) is 10.9. The second-order valence-electron chi connectivity index (χ2n) is 4.44. The molecule has 1 aliphatic heterocycles. The molecular weight excluding hydrogens is 252 g/mol. The Balaban J connectivity index is 1.73. The summed E-state index contributed by atoms with van der Waals surface area (Å²) in [6, 6.07) is 7.28. The molecule has 0 spiro atoms. The maximum absolute atomic E-state index is 11.8. The number of carbonyl (C=O) groups excluding carboxylic acids is 1. The monoisotopic (exact) mass is 268 g/mol. The topological polar surface area (TPSA) is 55.6 Å². The molecule has 4 nitrogen and oxygen atoms in total. The van der Waals surface area contributed by atoms with Crippen molar-refractivity contribution in [1.82, 2.24) is 4.90 Å². The van der Waals surface area contributed by atoms with E-state index in [1.807, 2.05) is 12.1 Å². The van der Waals surface area contributed by atoms with Crippen LogP contribution in [0.4, 0.5) is 0 Å². The van der Waals surface area contributed by atoms with Crippen LogP contribution in [0, 0.1) is 0 Å². The van der Waals surface area contributed by atoms with Crippen molar-refractivity contribution < 1.29 is 9.53 Å². The lowest BCUT2D eigenvalue weighted by atomic mass is 10.3. The van der Waals surface area contributed by atoms with Gasteiger partial charge in [0.05, 0.1) is 13.0 Å². The van der Waals surface area contributed by atoms with Gasteiger partial charge in [-0.25, -0.2) is 0 Å². The van der Waals surface area contributed by atoms with Gasteiger partial charge in [0.2, 0.25) is 5.91 Å². The van der Waals surface area contributed by atoms with E-state index in [0.29, 0.717) is 30.3 Å². The van der Waals surface area contributed by atoms with Crippen LogP contribution in [0.1, 0.15) is 12.8 Å². The van der Waals surface area contributed by atoms with Crippen LogP contribution in [0.2, 0.25) is 5.02 Å². The largest absolute Gasteiger partial charge is 0.493 e. The van der Waals surface area contributed by atoms with Crippen LogP contribution >= 0.6 is 11.6 Å². The standard InChI is InChI=1S/C13H17ClN2O2/c14-10-2-1-3-12(8-10)18-7-5-13(17)16-6-4-11(15)9-16/h1-3,8,11H,4-7,9,15H2/t11-/m1/s1. The molecule has 0 bridgehead atoms. The fourth-order valence-electron chi connectivity index (χ4n) is 1.98. The van der Waals surface area contributed by atoms with Gasteiger partial charge in [-0.3, -0.25) is 4.79 Å². The predicted octanol–water partition coefficient (Wildman–Crippen LogP) is 1.67. The highest BCUT2D eigenvalue weighted by Crippen LogP contribution is 2.17. The molecule has 5 heteroatoms. The lowest BCUT2D eigenvalue weighted by Crippen LogP contribution is -2.32. The van der Waals surface area contributed by atoms with Crippen molar-refractivity contribution in [2.45, 2.75) is 18.9 Å². The van der Waals surface area contributed by atoms with Crippen LogP contribution in [0.5, 0.6) is 5.75 Å². The first kappa shape index (κ1) is 13.2. The molecule has 2 rings (SSSR count). The van der Waals surface area contributed by atoms with Gasteiger partial charge in [-0.05, 0) is 24.6 Å². The van der Waals surface area contributed by atoms with Gasteiger partial charge >= 0.3 is 0 Å². The summed E-state index contributed by atoms with van der Waals surface area (Å²) >= 11 is 5.84. The first-order chi connectivity index (χ1) is 8.65. The maximum Gasteiger partial charge on any atom is 0.226 e. The second-order valence-corrected chi connectivity index (χ2v) is 4.88. The molecule has 1 aromatic rings. The van der Waals surface area contributed by atoms with E-state index in [-0.39, 0.29) is 11.9 Å².